The molecule has 1 saturated carbocycles. The van der Waals surface area contributed by atoms with E-state index in [4.69, 9.17) is 5.11 Å². The zero-order valence-corrected chi connectivity index (χ0v) is 6.44. The Morgan fingerprint density at radius 1 is 1.45 bits per heavy atom. The van der Waals surface area contributed by atoms with E-state index < -0.39 is 24.4 Å². The van der Waals surface area contributed by atoms with Gasteiger partial charge in [0.05, 0.1) is 12.7 Å². The fourth-order valence-electron chi connectivity index (χ4n) is 1.59. The maximum atomic E-state index is 9.45. The Kier molecular flexibility index (Phi) is 2.20. The van der Waals surface area contributed by atoms with Crippen molar-refractivity contribution in [3.63, 3.8) is 0 Å². The maximum absolute atomic E-state index is 9.45. The van der Waals surface area contributed by atoms with Gasteiger partial charge in [-0.25, -0.2) is 0 Å². The highest BCUT2D eigenvalue weighted by atomic mass is 16.4. The predicted octanol–water partition coefficient (Wildman–Crippen LogP) is -1.53. The van der Waals surface area contributed by atoms with Gasteiger partial charge in [-0.05, 0) is 12.3 Å². The van der Waals surface area contributed by atoms with Crippen molar-refractivity contribution in [3.05, 3.63) is 0 Å². The lowest BCUT2D eigenvalue weighted by molar-refractivity contribution is -0.111. The topological polar surface area (TPSA) is 80.9 Å². The summed E-state index contributed by atoms with van der Waals surface area (Å²) < 4.78 is 0. The van der Waals surface area contributed by atoms with E-state index in [0.717, 1.165) is 0 Å². The normalized spacial score (nSPS) is 51.5. The average Bonchev–Trinajstić information content (AvgIpc) is 2.17. The molecule has 0 aromatic rings. The van der Waals surface area contributed by atoms with Gasteiger partial charge in [0.1, 0.15) is 11.7 Å². The summed E-state index contributed by atoms with van der Waals surface area (Å²) in [6, 6.07) is 0. The largest absolute Gasteiger partial charge is 0.393 e. The van der Waals surface area contributed by atoms with Crippen LogP contribution in [0.15, 0.2) is 0 Å². The van der Waals surface area contributed by atoms with Gasteiger partial charge in [0, 0.05) is 0 Å². The monoisotopic (exact) mass is 162 g/mol. The number of rotatable bonds is 1. The van der Waals surface area contributed by atoms with Crippen molar-refractivity contribution in [1.29, 1.82) is 0 Å². The summed E-state index contributed by atoms with van der Waals surface area (Å²) in [5.41, 5.74) is -1.50. The van der Waals surface area contributed by atoms with Gasteiger partial charge in [-0.15, -0.1) is 0 Å². The molecule has 4 unspecified atom stereocenters. The van der Waals surface area contributed by atoms with Crippen LogP contribution >= 0.6 is 0 Å². The Hall–Kier alpha value is -0.160. The van der Waals surface area contributed by atoms with Crippen LogP contribution in [-0.2, 0) is 0 Å². The van der Waals surface area contributed by atoms with Crippen LogP contribution in [0.1, 0.15) is 13.3 Å². The molecular formula is C7H14O4. The molecule has 4 N–H and O–H groups in total. The molecule has 11 heavy (non-hydrogen) atoms. The lowest BCUT2D eigenvalue weighted by atomic mass is 10.0. The molecule has 0 aliphatic heterocycles. The smallest absolute Gasteiger partial charge is 0.116 e. The van der Waals surface area contributed by atoms with Gasteiger partial charge in [-0.1, -0.05) is 6.92 Å². The lowest BCUT2D eigenvalue weighted by Crippen LogP contribution is -2.45. The number of hydrogen-bond donors (Lipinski definition) is 4. The zero-order valence-electron chi connectivity index (χ0n) is 6.44. The molecule has 1 fully saturated rings. The fraction of sp³-hybridized carbons (Fsp3) is 1.00. The molecule has 1 aliphatic carbocycles. The van der Waals surface area contributed by atoms with E-state index in [1.807, 2.05) is 0 Å². The first-order valence-electron chi connectivity index (χ1n) is 3.70. The van der Waals surface area contributed by atoms with Crippen LogP contribution in [0.4, 0.5) is 0 Å². The Bertz CT molecular complexity index is 149. The second-order valence-electron chi connectivity index (χ2n) is 3.38. The van der Waals surface area contributed by atoms with Crippen molar-refractivity contribution in [3.8, 4) is 0 Å². The molecule has 4 nitrogen and oxygen atoms in total. The molecule has 0 radical (unpaired) electrons. The van der Waals surface area contributed by atoms with Crippen LogP contribution in [0.5, 0.6) is 0 Å². The molecule has 1 aliphatic rings. The van der Waals surface area contributed by atoms with Crippen LogP contribution in [0.2, 0.25) is 0 Å². The second-order valence-corrected chi connectivity index (χ2v) is 3.38. The minimum absolute atomic E-state index is 0.165. The van der Waals surface area contributed by atoms with E-state index in [1.165, 1.54) is 0 Å². The van der Waals surface area contributed by atoms with Gasteiger partial charge >= 0.3 is 0 Å². The van der Waals surface area contributed by atoms with E-state index in [1.54, 1.807) is 6.92 Å². The summed E-state index contributed by atoms with van der Waals surface area (Å²) in [7, 11) is 0. The lowest BCUT2D eigenvalue weighted by Gasteiger charge is -2.24. The van der Waals surface area contributed by atoms with E-state index in [0.29, 0.717) is 0 Å². The third kappa shape index (κ3) is 1.27. The van der Waals surface area contributed by atoms with Crippen molar-refractivity contribution in [2.24, 2.45) is 5.92 Å². The molecule has 0 aromatic carbocycles. The molecule has 66 valence electrons. The Balaban J connectivity index is 2.73. The first-order valence-corrected chi connectivity index (χ1v) is 3.70. The van der Waals surface area contributed by atoms with Gasteiger partial charge in [-0.3, -0.25) is 0 Å². The predicted molar refractivity (Wildman–Crippen MR) is 37.8 cm³/mol. The minimum Gasteiger partial charge on any atom is -0.393 e. The minimum atomic E-state index is -1.50. The van der Waals surface area contributed by atoms with Gasteiger partial charge in [-0.2, -0.15) is 0 Å². The molecule has 0 bridgehead atoms. The first kappa shape index (κ1) is 8.93. The van der Waals surface area contributed by atoms with Crippen molar-refractivity contribution in [1.82, 2.24) is 0 Å². The SMILES string of the molecule is CC1CC(O)(CO)C(O)C1O. The fourth-order valence-corrected chi connectivity index (χ4v) is 1.59. The highest BCUT2D eigenvalue weighted by Gasteiger charge is 2.49. The van der Waals surface area contributed by atoms with Gasteiger partial charge in [0.2, 0.25) is 0 Å². The summed E-state index contributed by atoms with van der Waals surface area (Å²) in [5, 5.41) is 36.6. The van der Waals surface area contributed by atoms with Crippen LogP contribution in [0, 0.1) is 5.92 Å². The van der Waals surface area contributed by atoms with E-state index >= 15 is 0 Å². The average molecular weight is 162 g/mol. The summed E-state index contributed by atoms with van der Waals surface area (Å²) in [4.78, 5) is 0. The van der Waals surface area contributed by atoms with Crippen molar-refractivity contribution >= 4 is 0 Å². The number of hydrogen-bond acceptors (Lipinski definition) is 4. The number of aliphatic hydroxyl groups is 4. The Labute approximate surface area is 65.1 Å². The summed E-state index contributed by atoms with van der Waals surface area (Å²) in [6.45, 7) is 1.22. The van der Waals surface area contributed by atoms with E-state index in [-0.39, 0.29) is 12.3 Å². The quantitative estimate of drug-likeness (QED) is 0.377. The van der Waals surface area contributed by atoms with E-state index in [2.05, 4.69) is 0 Å². The van der Waals surface area contributed by atoms with Crippen molar-refractivity contribution < 1.29 is 20.4 Å². The highest BCUT2D eigenvalue weighted by Crippen LogP contribution is 2.34. The molecule has 0 aromatic heterocycles. The van der Waals surface area contributed by atoms with Crippen LogP contribution in [0.3, 0.4) is 0 Å². The van der Waals surface area contributed by atoms with Crippen LogP contribution < -0.4 is 0 Å². The molecular weight excluding hydrogens is 148 g/mol. The van der Waals surface area contributed by atoms with Crippen molar-refractivity contribution in [2.45, 2.75) is 31.2 Å². The van der Waals surface area contributed by atoms with Crippen LogP contribution in [0.25, 0.3) is 0 Å². The molecule has 0 saturated heterocycles. The van der Waals surface area contributed by atoms with Crippen LogP contribution in [-0.4, -0.2) is 44.8 Å². The molecule has 4 atom stereocenters. The molecule has 0 spiro atoms. The van der Waals surface area contributed by atoms with Gasteiger partial charge in [0.15, 0.2) is 0 Å². The van der Waals surface area contributed by atoms with Crippen molar-refractivity contribution in [2.75, 3.05) is 6.61 Å². The summed E-state index contributed by atoms with van der Waals surface area (Å²) in [5.74, 6) is -0.165. The summed E-state index contributed by atoms with van der Waals surface area (Å²) in [6.07, 6.45) is -1.90. The second kappa shape index (κ2) is 2.71. The van der Waals surface area contributed by atoms with Gasteiger partial charge < -0.3 is 20.4 Å². The highest BCUT2D eigenvalue weighted by molar-refractivity contribution is 5.00. The van der Waals surface area contributed by atoms with E-state index in [9.17, 15) is 15.3 Å². The summed E-state index contributed by atoms with van der Waals surface area (Å²) >= 11 is 0. The molecule has 1 rings (SSSR count). The third-order valence-electron chi connectivity index (χ3n) is 2.41. The first-order chi connectivity index (χ1) is 5.01. The number of aliphatic hydroxyl groups excluding tert-OH is 3. The van der Waals surface area contributed by atoms with Gasteiger partial charge in [0.25, 0.3) is 0 Å². The third-order valence-corrected chi connectivity index (χ3v) is 2.41. The Morgan fingerprint density at radius 2 is 2.00 bits per heavy atom. The maximum Gasteiger partial charge on any atom is 0.116 e. The standard InChI is InChI=1S/C7H14O4/c1-4-2-7(11,3-8)6(10)5(4)9/h4-6,8-11H,2-3H2,1H3. The molecule has 0 amide bonds. The molecule has 0 heterocycles. The Morgan fingerprint density at radius 3 is 2.18 bits per heavy atom. The zero-order chi connectivity index (χ0) is 8.65. The molecule has 4 heteroatoms.